The van der Waals surface area contributed by atoms with Gasteiger partial charge in [-0.2, -0.15) is 0 Å². The van der Waals surface area contributed by atoms with Crippen LogP contribution in [0.25, 0.3) is 0 Å². The van der Waals surface area contributed by atoms with Crippen molar-refractivity contribution in [3.8, 4) is 0 Å². The Morgan fingerprint density at radius 3 is 2.53 bits per heavy atom. The number of carbonyl (C=O) groups excluding carboxylic acids is 2. The summed E-state index contributed by atoms with van der Waals surface area (Å²) in [6, 6.07) is 11.9. The third kappa shape index (κ3) is 3.63. The topological polar surface area (TPSA) is 80.5 Å². The molecule has 1 aliphatic carbocycles. The fraction of sp³-hybridized carbons (Fsp3) is 0.273. The number of nitro groups is 1. The van der Waals surface area contributed by atoms with Crippen LogP contribution < -0.4 is 4.90 Å². The molecule has 0 N–H and O–H groups in total. The Balaban J connectivity index is 1.86. The van der Waals surface area contributed by atoms with E-state index in [-0.39, 0.29) is 40.4 Å². The summed E-state index contributed by atoms with van der Waals surface area (Å²) in [6.07, 6.45) is 3.72. The molecule has 0 saturated carbocycles. The van der Waals surface area contributed by atoms with Gasteiger partial charge in [-0.3, -0.25) is 24.6 Å². The van der Waals surface area contributed by atoms with Gasteiger partial charge in [0.25, 0.3) is 5.69 Å². The molecule has 0 spiro atoms. The zero-order valence-corrected chi connectivity index (χ0v) is 17.8. The third-order valence-corrected chi connectivity index (χ3v) is 6.64. The highest BCUT2D eigenvalue weighted by atomic mass is 35.5. The molecule has 1 aliphatic heterocycles. The molecule has 154 valence electrons. The van der Waals surface area contributed by atoms with E-state index in [0.29, 0.717) is 30.5 Å². The number of amides is 1. The van der Waals surface area contributed by atoms with Crippen LogP contribution in [0, 0.1) is 10.1 Å². The Morgan fingerprint density at radius 2 is 1.87 bits per heavy atom. The van der Waals surface area contributed by atoms with Gasteiger partial charge >= 0.3 is 0 Å². The predicted octanol–water partition coefficient (Wildman–Crippen LogP) is 5.50. The summed E-state index contributed by atoms with van der Waals surface area (Å²) in [6.45, 7) is 0. The molecule has 6 nitrogen and oxygen atoms in total. The van der Waals surface area contributed by atoms with E-state index in [1.807, 2.05) is 30.5 Å². The maximum atomic E-state index is 13.2. The quantitative estimate of drug-likeness (QED) is 0.355. The average Bonchev–Trinajstić information content (AvgIpc) is 2.74. The number of benzene rings is 2. The number of ketones is 1. The first kappa shape index (κ1) is 20.6. The van der Waals surface area contributed by atoms with Crippen molar-refractivity contribution in [2.75, 3.05) is 11.2 Å². The molecule has 1 heterocycles. The van der Waals surface area contributed by atoms with Crippen LogP contribution in [0.3, 0.4) is 0 Å². The van der Waals surface area contributed by atoms with E-state index < -0.39 is 4.92 Å². The maximum Gasteiger partial charge on any atom is 0.271 e. The molecule has 2 aromatic carbocycles. The van der Waals surface area contributed by atoms with Crippen LogP contribution in [0.15, 0.2) is 58.6 Å². The van der Waals surface area contributed by atoms with Crippen LogP contribution in [0.4, 0.5) is 11.4 Å². The monoisotopic (exact) mass is 442 g/mol. The highest BCUT2D eigenvalue weighted by Gasteiger charge is 2.40. The van der Waals surface area contributed by atoms with Crippen molar-refractivity contribution in [2.24, 2.45) is 0 Å². The minimum atomic E-state index is -0.522. The second kappa shape index (κ2) is 8.24. The number of nitro benzene ring substituents is 1. The number of non-ortho nitro benzene ring substituents is 1. The number of allylic oxidation sites excluding steroid dienone is 2. The molecule has 0 fully saturated rings. The molecule has 30 heavy (non-hydrogen) atoms. The molecule has 0 saturated heterocycles. The van der Waals surface area contributed by atoms with Gasteiger partial charge in [-0.15, -0.1) is 11.8 Å². The Labute approximate surface area is 183 Å². The number of hydrogen-bond donors (Lipinski definition) is 0. The standard InChI is InChI=1S/C22H19ClN2O4S/c1-30-15-8-5-13(6-9-15)16-12-21(27)24(18-3-2-4-20(26)22(16)18)19-11-14(25(28)29)7-10-17(19)23/h5-11,16H,2-4,12H2,1H3. The first-order valence-corrected chi connectivity index (χ1v) is 11.2. The fourth-order valence-electron chi connectivity index (χ4n) is 4.18. The van der Waals surface area contributed by atoms with E-state index >= 15 is 0 Å². The van der Waals surface area contributed by atoms with Crippen molar-refractivity contribution in [3.63, 3.8) is 0 Å². The van der Waals surface area contributed by atoms with E-state index in [9.17, 15) is 19.7 Å². The number of rotatable bonds is 4. The number of anilines is 1. The first-order valence-electron chi connectivity index (χ1n) is 9.57. The van der Waals surface area contributed by atoms with Crippen molar-refractivity contribution in [1.82, 2.24) is 0 Å². The lowest BCUT2D eigenvalue weighted by Crippen LogP contribution is -2.40. The number of halogens is 1. The van der Waals surface area contributed by atoms with Gasteiger partial charge in [-0.25, -0.2) is 0 Å². The van der Waals surface area contributed by atoms with Crippen LogP contribution in [0.2, 0.25) is 5.02 Å². The number of Topliss-reactive ketones (excluding diaryl/α,β-unsaturated/α-hetero) is 1. The van der Waals surface area contributed by atoms with Gasteiger partial charge in [0.1, 0.15) is 0 Å². The summed E-state index contributed by atoms with van der Waals surface area (Å²) in [5.74, 6) is -0.510. The fourth-order valence-corrected chi connectivity index (χ4v) is 4.79. The van der Waals surface area contributed by atoms with Gasteiger partial charge in [-0.1, -0.05) is 23.7 Å². The van der Waals surface area contributed by atoms with Crippen LogP contribution in [0.1, 0.15) is 37.2 Å². The molecule has 1 amide bonds. The number of hydrogen-bond acceptors (Lipinski definition) is 5. The lowest BCUT2D eigenvalue weighted by molar-refractivity contribution is -0.384. The van der Waals surface area contributed by atoms with Crippen LogP contribution >= 0.6 is 23.4 Å². The molecule has 0 aromatic heterocycles. The first-order chi connectivity index (χ1) is 14.4. The van der Waals surface area contributed by atoms with Crippen molar-refractivity contribution in [3.05, 3.63) is 74.4 Å². The SMILES string of the molecule is CSc1ccc(C2CC(=O)N(c3cc([N+](=O)[O-])ccc3Cl)C3=C2C(=O)CCC3)cc1. The number of carbonyl (C=O) groups is 2. The molecular formula is C22H19ClN2O4S. The second-order valence-electron chi connectivity index (χ2n) is 7.29. The van der Waals surface area contributed by atoms with Gasteiger partial charge in [-0.05, 0) is 42.9 Å². The highest BCUT2D eigenvalue weighted by Crippen LogP contribution is 2.45. The summed E-state index contributed by atoms with van der Waals surface area (Å²) in [5.41, 5.74) is 2.27. The largest absolute Gasteiger partial charge is 0.294 e. The van der Waals surface area contributed by atoms with Crippen LogP contribution in [0.5, 0.6) is 0 Å². The number of thioether (sulfide) groups is 1. The van der Waals surface area contributed by atoms with Crippen molar-refractivity contribution < 1.29 is 14.5 Å². The van der Waals surface area contributed by atoms with E-state index in [1.54, 1.807) is 11.8 Å². The summed E-state index contributed by atoms with van der Waals surface area (Å²) in [4.78, 5) is 39.4. The Kier molecular flexibility index (Phi) is 5.66. The Hall–Kier alpha value is -2.64. The summed E-state index contributed by atoms with van der Waals surface area (Å²) in [5, 5.41) is 11.5. The zero-order valence-electron chi connectivity index (χ0n) is 16.3. The maximum absolute atomic E-state index is 13.2. The molecule has 8 heteroatoms. The Bertz CT molecular complexity index is 1080. The lowest BCUT2D eigenvalue weighted by Gasteiger charge is -2.38. The van der Waals surface area contributed by atoms with Crippen LogP contribution in [-0.2, 0) is 9.59 Å². The molecule has 0 bridgehead atoms. The minimum absolute atomic E-state index is 0.0225. The van der Waals surface area contributed by atoms with E-state index in [4.69, 9.17) is 11.6 Å². The molecule has 4 rings (SSSR count). The van der Waals surface area contributed by atoms with Gasteiger partial charge in [0, 0.05) is 47.1 Å². The molecule has 2 aliphatic rings. The predicted molar refractivity (Wildman–Crippen MR) is 117 cm³/mol. The molecule has 2 aromatic rings. The van der Waals surface area contributed by atoms with E-state index in [2.05, 4.69) is 0 Å². The molecule has 1 atom stereocenters. The minimum Gasteiger partial charge on any atom is -0.294 e. The van der Waals surface area contributed by atoms with Crippen molar-refractivity contribution >= 4 is 46.4 Å². The van der Waals surface area contributed by atoms with Gasteiger partial charge < -0.3 is 0 Å². The summed E-state index contributed by atoms with van der Waals surface area (Å²) >= 11 is 7.95. The van der Waals surface area contributed by atoms with E-state index in [0.717, 1.165) is 10.5 Å². The molecule has 1 unspecified atom stereocenters. The lowest BCUT2D eigenvalue weighted by atomic mass is 9.77. The second-order valence-corrected chi connectivity index (χ2v) is 8.58. The normalized spacial score (nSPS) is 19.1. The summed E-state index contributed by atoms with van der Waals surface area (Å²) in [7, 11) is 0. The van der Waals surface area contributed by atoms with Crippen molar-refractivity contribution in [1.29, 1.82) is 0 Å². The van der Waals surface area contributed by atoms with E-state index in [1.165, 1.54) is 23.1 Å². The number of nitrogens with zero attached hydrogens (tertiary/aromatic N) is 2. The highest BCUT2D eigenvalue weighted by molar-refractivity contribution is 7.98. The van der Waals surface area contributed by atoms with Crippen molar-refractivity contribution in [2.45, 2.75) is 36.5 Å². The Morgan fingerprint density at radius 1 is 1.13 bits per heavy atom. The molecular weight excluding hydrogens is 424 g/mol. The molecule has 0 radical (unpaired) electrons. The van der Waals surface area contributed by atoms with Gasteiger partial charge in [0.15, 0.2) is 5.78 Å². The zero-order chi connectivity index (χ0) is 21.4. The van der Waals surface area contributed by atoms with Crippen LogP contribution in [-0.4, -0.2) is 22.9 Å². The average molecular weight is 443 g/mol. The third-order valence-electron chi connectivity index (χ3n) is 5.57. The summed E-state index contributed by atoms with van der Waals surface area (Å²) < 4.78 is 0. The van der Waals surface area contributed by atoms with Gasteiger partial charge in [0.2, 0.25) is 5.91 Å². The smallest absolute Gasteiger partial charge is 0.271 e. The van der Waals surface area contributed by atoms with Gasteiger partial charge in [0.05, 0.1) is 15.6 Å².